The lowest BCUT2D eigenvalue weighted by Gasteiger charge is -2.05. The maximum absolute atomic E-state index is 12.1. The van der Waals surface area contributed by atoms with Crippen LogP contribution in [0, 0.1) is 0 Å². The second-order valence-corrected chi connectivity index (χ2v) is 6.33. The first-order valence-corrected chi connectivity index (χ1v) is 8.93. The molecule has 27 heavy (non-hydrogen) atoms. The van der Waals surface area contributed by atoms with Gasteiger partial charge < -0.3 is 9.73 Å². The van der Waals surface area contributed by atoms with Gasteiger partial charge in [0.2, 0.25) is 11.0 Å². The molecule has 3 heterocycles. The summed E-state index contributed by atoms with van der Waals surface area (Å²) in [5.41, 5.74) is 3.67. The Kier molecular flexibility index (Phi) is 4.84. The summed E-state index contributed by atoms with van der Waals surface area (Å²) in [6, 6.07) is 13.1. The van der Waals surface area contributed by atoms with E-state index in [4.69, 9.17) is 4.42 Å². The van der Waals surface area contributed by atoms with Crippen LogP contribution in [-0.2, 0) is 6.54 Å². The number of rotatable bonds is 6. The lowest BCUT2D eigenvalue weighted by Crippen LogP contribution is -2.12. The highest BCUT2D eigenvalue weighted by Gasteiger charge is 2.09. The number of oxazole rings is 1. The molecule has 0 saturated heterocycles. The molecule has 0 fully saturated rings. The summed E-state index contributed by atoms with van der Waals surface area (Å²) in [5, 5.41) is 13.7. The number of hydrogen-bond donors (Lipinski definition) is 2. The van der Waals surface area contributed by atoms with E-state index in [1.54, 1.807) is 23.9 Å². The van der Waals surface area contributed by atoms with E-state index in [9.17, 15) is 4.79 Å². The van der Waals surface area contributed by atoms with Crippen LogP contribution in [0.4, 0.5) is 10.9 Å². The zero-order chi connectivity index (χ0) is 18.5. The Hall–Kier alpha value is -3.59. The number of nitrogens with one attached hydrogen (secondary N) is 2. The number of amides is 1. The number of anilines is 2. The van der Waals surface area contributed by atoms with E-state index in [1.807, 2.05) is 30.3 Å². The molecule has 4 aromatic rings. The minimum absolute atomic E-state index is 0.283. The third kappa shape index (κ3) is 4.15. The monoisotopic (exact) mass is 378 g/mol. The molecule has 0 bridgehead atoms. The number of hydrogen-bond acceptors (Lipinski definition) is 8. The smallest absolute Gasteiger partial charge is 0.259 e. The lowest BCUT2D eigenvalue weighted by atomic mass is 10.2. The molecule has 0 aliphatic carbocycles. The van der Waals surface area contributed by atoms with Crippen LogP contribution in [0.2, 0.25) is 0 Å². The van der Waals surface area contributed by atoms with Crippen LogP contribution in [0.1, 0.15) is 16.1 Å². The van der Waals surface area contributed by atoms with Crippen LogP contribution in [-0.4, -0.2) is 26.1 Å². The van der Waals surface area contributed by atoms with E-state index in [1.165, 1.54) is 17.5 Å². The van der Waals surface area contributed by atoms with E-state index in [0.717, 1.165) is 11.3 Å². The predicted octanol–water partition coefficient (Wildman–Crippen LogP) is 3.45. The van der Waals surface area contributed by atoms with Crippen LogP contribution in [0.15, 0.2) is 64.9 Å². The van der Waals surface area contributed by atoms with Crippen molar-refractivity contribution in [3.8, 4) is 11.5 Å². The van der Waals surface area contributed by atoms with Crippen molar-refractivity contribution >= 4 is 28.2 Å². The Balaban J connectivity index is 1.35. The molecule has 8 nitrogen and oxygen atoms in total. The number of nitrogens with zero attached hydrogens (tertiary/aromatic N) is 4. The van der Waals surface area contributed by atoms with Gasteiger partial charge in [-0.1, -0.05) is 29.5 Å². The molecule has 9 heteroatoms. The van der Waals surface area contributed by atoms with E-state index < -0.39 is 0 Å². The van der Waals surface area contributed by atoms with Crippen molar-refractivity contribution in [2.75, 3.05) is 10.6 Å². The first kappa shape index (κ1) is 16.9. The fourth-order valence-corrected chi connectivity index (χ4v) is 2.75. The normalized spacial score (nSPS) is 10.5. The molecule has 0 radical (unpaired) electrons. The second-order valence-electron chi connectivity index (χ2n) is 5.49. The number of aromatic nitrogens is 4. The van der Waals surface area contributed by atoms with Gasteiger partial charge in [0, 0.05) is 11.8 Å². The fraction of sp³-hybridized carbons (Fsp3) is 0.0556. The number of carbonyl (C=O) groups is 1. The summed E-state index contributed by atoms with van der Waals surface area (Å²) in [5.74, 6) is 0.922. The molecule has 4 rings (SSSR count). The average molecular weight is 378 g/mol. The molecule has 0 aliphatic heterocycles. The molecule has 0 saturated carbocycles. The number of pyridine rings is 1. The molecule has 3 aromatic heterocycles. The van der Waals surface area contributed by atoms with Crippen LogP contribution < -0.4 is 10.6 Å². The van der Waals surface area contributed by atoms with Gasteiger partial charge >= 0.3 is 0 Å². The van der Waals surface area contributed by atoms with E-state index in [-0.39, 0.29) is 5.91 Å². The van der Waals surface area contributed by atoms with Gasteiger partial charge in [0.25, 0.3) is 5.91 Å². The SMILES string of the molecule is O=C(Nc1nncs1)c1ccc(NCc2coc(-c3ccccc3)n2)nc1. The second kappa shape index (κ2) is 7.75. The minimum Gasteiger partial charge on any atom is -0.444 e. The van der Waals surface area contributed by atoms with Crippen molar-refractivity contribution < 1.29 is 9.21 Å². The number of carbonyl (C=O) groups excluding carboxylic acids is 1. The topological polar surface area (TPSA) is 106 Å². The summed E-state index contributed by atoms with van der Waals surface area (Å²) >= 11 is 1.25. The lowest BCUT2D eigenvalue weighted by molar-refractivity contribution is 0.102. The Morgan fingerprint density at radius 1 is 1.15 bits per heavy atom. The Morgan fingerprint density at radius 3 is 2.78 bits per heavy atom. The van der Waals surface area contributed by atoms with Gasteiger partial charge in [0.1, 0.15) is 17.6 Å². The van der Waals surface area contributed by atoms with Crippen molar-refractivity contribution in [1.82, 2.24) is 20.2 Å². The molecule has 0 spiro atoms. The van der Waals surface area contributed by atoms with Crippen molar-refractivity contribution in [2.45, 2.75) is 6.54 Å². The largest absolute Gasteiger partial charge is 0.444 e. The average Bonchev–Trinajstić information content (AvgIpc) is 3.39. The maximum Gasteiger partial charge on any atom is 0.259 e. The standard InChI is InChI=1S/C18H14N6O2S/c25-16(23-18-24-21-11-27-18)13-6-7-15(19-8-13)20-9-14-10-26-17(22-14)12-4-2-1-3-5-12/h1-8,10-11H,9H2,(H,19,20)(H,23,24,25). The van der Waals surface area contributed by atoms with E-state index in [0.29, 0.717) is 28.9 Å². The molecular formula is C18H14N6O2S. The van der Waals surface area contributed by atoms with Crippen LogP contribution >= 0.6 is 11.3 Å². The summed E-state index contributed by atoms with van der Waals surface area (Å²) < 4.78 is 5.51. The third-order valence-corrected chi connectivity index (χ3v) is 4.24. The zero-order valence-electron chi connectivity index (χ0n) is 14.0. The van der Waals surface area contributed by atoms with Crippen LogP contribution in [0.5, 0.6) is 0 Å². The highest BCUT2D eigenvalue weighted by Crippen LogP contribution is 2.18. The summed E-state index contributed by atoms with van der Waals surface area (Å²) in [6.45, 7) is 0.458. The number of benzene rings is 1. The molecule has 0 unspecified atom stereocenters. The summed E-state index contributed by atoms with van der Waals surface area (Å²) in [6.07, 6.45) is 3.11. The van der Waals surface area contributed by atoms with Gasteiger partial charge in [-0.25, -0.2) is 9.97 Å². The highest BCUT2D eigenvalue weighted by atomic mass is 32.1. The first-order valence-electron chi connectivity index (χ1n) is 8.05. The Morgan fingerprint density at radius 2 is 2.04 bits per heavy atom. The van der Waals surface area contributed by atoms with E-state index in [2.05, 4.69) is 30.8 Å². The quantitative estimate of drug-likeness (QED) is 0.529. The molecule has 1 amide bonds. The van der Waals surface area contributed by atoms with E-state index >= 15 is 0 Å². The van der Waals surface area contributed by atoms with Crippen molar-refractivity contribution in [2.24, 2.45) is 0 Å². The van der Waals surface area contributed by atoms with Gasteiger partial charge in [0.05, 0.1) is 17.8 Å². The Bertz CT molecular complexity index is 1020. The Labute approximate surface area is 158 Å². The maximum atomic E-state index is 12.1. The van der Waals surface area contributed by atoms with Crippen LogP contribution in [0.25, 0.3) is 11.5 Å². The van der Waals surface area contributed by atoms with Gasteiger partial charge in [-0.3, -0.25) is 10.1 Å². The third-order valence-electron chi connectivity index (χ3n) is 3.63. The van der Waals surface area contributed by atoms with Gasteiger partial charge in [0.15, 0.2) is 0 Å². The zero-order valence-corrected chi connectivity index (χ0v) is 14.8. The molecule has 0 atom stereocenters. The first-order chi connectivity index (χ1) is 13.3. The molecule has 2 N–H and O–H groups in total. The molecule has 0 aliphatic rings. The summed E-state index contributed by atoms with van der Waals surface area (Å²) in [7, 11) is 0. The predicted molar refractivity (Wildman–Crippen MR) is 101 cm³/mol. The minimum atomic E-state index is -0.283. The van der Waals surface area contributed by atoms with Gasteiger partial charge in [-0.15, -0.1) is 10.2 Å². The van der Waals surface area contributed by atoms with Crippen molar-refractivity contribution in [3.63, 3.8) is 0 Å². The van der Waals surface area contributed by atoms with Gasteiger partial charge in [-0.05, 0) is 24.3 Å². The highest BCUT2D eigenvalue weighted by molar-refractivity contribution is 7.13. The molecule has 134 valence electrons. The molecular weight excluding hydrogens is 364 g/mol. The summed E-state index contributed by atoms with van der Waals surface area (Å²) in [4.78, 5) is 20.8. The van der Waals surface area contributed by atoms with Crippen molar-refractivity contribution in [3.05, 3.63) is 71.7 Å². The van der Waals surface area contributed by atoms with Crippen molar-refractivity contribution in [1.29, 1.82) is 0 Å². The molecule has 1 aromatic carbocycles. The fourth-order valence-electron chi connectivity index (χ4n) is 2.31. The van der Waals surface area contributed by atoms with Gasteiger partial charge in [-0.2, -0.15) is 0 Å². The van der Waals surface area contributed by atoms with Crippen LogP contribution in [0.3, 0.4) is 0 Å².